The van der Waals surface area contributed by atoms with Crippen LogP contribution in [0.4, 0.5) is 4.39 Å². The molecule has 1 aromatic carbocycles. The van der Waals surface area contributed by atoms with Crippen molar-refractivity contribution < 1.29 is 19.0 Å². The average molecular weight is 292 g/mol. The van der Waals surface area contributed by atoms with E-state index in [0.29, 0.717) is 6.21 Å². The van der Waals surface area contributed by atoms with E-state index >= 15 is 0 Å². The first kappa shape index (κ1) is 14.5. The van der Waals surface area contributed by atoms with Gasteiger partial charge in [0.1, 0.15) is 17.1 Å². The number of nitrogens with one attached hydrogen (secondary N) is 1. The molecule has 18 heavy (non-hydrogen) atoms. The highest BCUT2D eigenvalue weighted by Crippen LogP contribution is 2.29. The summed E-state index contributed by atoms with van der Waals surface area (Å²) in [5.41, 5.74) is -0.594. The van der Waals surface area contributed by atoms with Crippen molar-refractivity contribution in [1.82, 2.24) is 0 Å². The fourth-order valence-corrected chi connectivity index (χ4v) is 1.66. The normalized spacial score (nSPS) is 11.8. The summed E-state index contributed by atoms with van der Waals surface area (Å²) >= 11 is 11.3. The third kappa shape index (κ3) is 2.80. The number of carbonyl (C=O) groups is 1. The maximum absolute atomic E-state index is 13.3. The standard InChI is InChI=1S/C11H8Cl2FNO3/c1-18-11(17)6(4-15)10(16)5-2-9(14)8(13)3-7(5)12/h2-4,15-16H,1H3/b10-6+,15-4?. The van der Waals surface area contributed by atoms with Crippen molar-refractivity contribution in [3.05, 3.63) is 39.1 Å². The van der Waals surface area contributed by atoms with Crippen LogP contribution >= 0.6 is 23.2 Å². The summed E-state index contributed by atoms with van der Waals surface area (Å²) in [6, 6.07) is 1.95. The maximum Gasteiger partial charge on any atom is 0.343 e. The van der Waals surface area contributed by atoms with Gasteiger partial charge in [-0.3, -0.25) is 0 Å². The van der Waals surface area contributed by atoms with Crippen LogP contribution in [0.25, 0.3) is 5.76 Å². The van der Waals surface area contributed by atoms with Gasteiger partial charge in [0.05, 0.1) is 17.2 Å². The molecule has 0 atom stereocenters. The van der Waals surface area contributed by atoms with Gasteiger partial charge in [0, 0.05) is 11.8 Å². The van der Waals surface area contributed by atoms with E-state index in [1.165, 1.54) is 0 Å². The van der Waals surface area contributed by atoms with Crippen LogP contribution in [0.5, 0.6) is 0 Å². The predicted molar refractivity (Wildman–Crippen MR) is 66.8 cm³/mol. The first-order valence-corrected chi connectivity index (χ1v) is 5.35. The minimum Gasteiger partial charge on any atom is -0.506 e. The summed E-state index contributed by atoms with van der Waals surface area (Å²) < 4.78 is 17.6. The lowest BCUT2D eigenvalue weighted by molar-refractivity contribution is -0.135. The Bertz CT molecular complexity index is 543. The summed E-state index contributed by atoms with van der Waals surface area (Å²) in [4.78, 5) is 11.3. The van der Waals surface area contributed by atoms with Gasteiger partial charge in [0.25, 0.3) is 0 Å². The first-order chi connectivity index (χ1) is 8.42. The molecule has 0 aliphatic heterocycles. The number of carbonyl (C=O) groups excluding carboxylic acids is 1. The fourth-order valence-electron chi connectivity index (χ4n) is 1.18. The smallest absolute Gasteiger partial charge is 0.343 e. The number of methoxy groups -OCH3 is 1. The van der Waals surface area contributed by atoms with Gasteiger partial charge in [0.15, 0.2) is 0 Å². The number of rotatable bonds is 3. The summed E-state index contributed by atoms with van der Waals surface area (Å²) in [5, 5.41) is 16.6. The lowest BCUT2D eigenvalue weighted by atomic mass is 10.1. The highest BCUT2D eigenvalue weighted by atomic mass is 35.5. The van der Waals surface area contributed by atoms with E-state index in [2.05, 4.69) is 4.74 Å². The molecular weight excluding hydrogens is 284 g/mol. The number of ether oxygens (including phenoxy) is 1. The van der Waals surface area contributed by atoms with Crippen LogP contribution in [0.1, 0.15) is 5.56 Å². The Labute approximate surface area is 112 Å². The molecule has 7 heteroatoms. The maximum atomic E-state index is 13.3. The highest BCUT2D eigenvalue weighted by Gasteiger charge is 2.18. The minimum absolute atomic E-state index is 0.0536. The van der Waals surface area contributed by atoms with E-state index in [1.54, 1.807) is 0 Å². The van der Waals surface area contributed by atoms with Crippen LogP contribution in [0.2, 0.25) is 10.0 Å². The molecule has 0 saturated carbocycles. The summed E-state index contributed by atoms with van der Waals surface area (Å²) in [6.07, 6.45) is 0.587. The van der Waals surface area contributed by atoms with Crippen molar-refractivity contribution >= 4 is 41.1 Å². The Morgan fingerprint density at radius 2 is 2.06 bits per heavy atom. The molecule has 0 spiro atoms. The second-order valence-electron chi connectivity index (χ2n) is 3.14. The molecule has 96 valence electrons. The molecule has 4 nitrogen and oxygen atoms in total. The molecule has 0 heterocycles. The van der Waals surface area contributed by atoms with Crippen LogP contribution in [0.3, 0.4) is 0 Å². The minimum atomic E-state index is -0.936. The molecule has 0 aromatic heterocycles. The highest BCUT2D eigenvalue weighted by molar-refractivity contribution is 6.36. The third-order valence-electron chi connectivity index (χ3n) is 2.07. The number of aliphatic hydroxyl groups is 1. The van der Waals surface area contributed by atoms with Gasteiger partial charge >= 0.3 is 5.97 Å². The summed E-state index contributed by atoms with van der Waals surface area (Å²) in [7, 11) is 1.09. The molecule has 0 unspecified atom stereocenters. The fraction of sp³-hybridized carbons (Fsp3) is 0.0909. The number of hydrogen-bond donors (Lipinski definition) is 2. The largest absolute Gasteiger partial charge is 0.506 e. The number of aliphatic hydroxyl groups excluding tert-OH is 1. The molecule has 1 aromatic rings. The summed E-state index contributed by atoms with van der Waals surface area (Å²) in [6.45, 7) is 0. The lowest BCUT2D eigenvalue weighted by Crippen LogP contribution is -2.09. The number of esters is 1. The van der Waals surface area contributed by atoms with E-state index in [0.717, 1.165) is 19.2 Å². The van der Waals surface area contributed by atoms with Crippen molar-refractivity contribution in [2.45, 2.75) is 0 Å². The molecule has 0 radical (unpaired) electrons. The second kappa shape index (κ2) is 5.84. The predicted octanol–water partition coefficient (Wildman–Crippen LogP) is 3.22. The van der Waals surface area contributed by atoms with Crippen LogP contribution in [-0.4, -0.2) is 24.4 Å². The lowest BCUT2D eigenvalue weighted by Gasteiger charge is -2.08. The van der Waals surface area contributed by atoms with E-state index in [-0.39, 0.29) is 15.6 Å². The molecular formula is C11H8Cl2FNO3. The van der Waals surface area contributed by atoms with Crippen LogP contribution in [0.15, 0.2) is 17.7 Å². The first-order valence-electron chi connectivity index (χ1n) is 4.59. The second-order valence-corrected chi connectivity index (χ2v) is 3.96. The number of benzene rings is 1. The van der Waals surface area contributed by atoms with Crippen molar-refractivity contribution in [3.8, 4) is 0 Å². The van der Waals surface area contributed by atoms with Crippen LogP contribution in [0, 0.1) is 11.2 Å². The zero-order valence-corrected chi connectivity index (χ0v) is 10.6. The Balaban J connectivity index is 3.45. The van der Waals surface area contributed by atoms with Crippen LogP contribution in [-0.2, 0) is 9.53 Å². The van der Waals surface area contributed by atoms with Crippen molar-refractivity contribution in [2.75, 3.05) is 7.11 Å². The SMILES string of the molecule is COC(=O)/C(C=N)=C(/O)c1cc(F)c(Cl)cc1Cl. The van der Waals surface area contributed by atoms with Gasteiger partial charge < -0.3 is 15.3 Å². The Morgan fingerprint density at radius 3 is 2.56 bits per heavy atom. The van der Waals surface area contributed by atoms with E-state index in [4.69, 9.17) is 28.6 Å². The summed E-state index contributed by atoms with van der Waals surface area (Å²) in [5.74, 6) is -2.40. The number of halogens is 3. The quantitative estimate of drug-likeness (QED) is 0.295. The molecule has 0 saturated heterocycles. The Morgan fingerprint density at radius 1 is 1.44 bits per heavy atom. The monoisotopic (exact) mass is 291 g/mol. The molecule has 2 N–H and O–H groups in total. The molecule has 0 bridgehead atoms. The number of hydrogen-bond acceptors (Lipinski definition) is 4. The zero-order chi connectivity index (χ0) is 13.9. The van der Waals surface area contributed by atoms with E-state index < -0.39 is 23.1 Å². The Hall–Kier alpha value is -1.59. The van der Waals surface area contributed by atoms with Gasteiger partial charge in [-0.1, -0.05) is 23.2 Å². The van der Waals surface area contributed by atoms with Crippen molar-refractivity contribution in [2.24, 2.45) is 0 Å². The third-order valence-corrected chi connectivity index (χ3v) is 2.67. The van der Waals surface area contributed by atoms with Gasteiger partial charge in [-0.15, -0.1) is 0 Å². The van der Waals surface area contributed by atoms with E-state index in [1.807, 2.05) is 0 Å². The van der Waals surface area contributed by atoms with Gasteiger partial charge in [0.2, 0.25) is 0 Å². The topological polar surface area (TPSA) is 70.4 Å². The molecule has 0 aliphatic rings. The van der Waals surface area contributed by atoms with Gasteiger partial charge in [-0.05, 0) is 12.1 Å². The molecule has 0 fully saturated rings. The zero-order valence-electron chi connectivity index (χ0n) is 9.13. The van der Waals surface area contributed by atoms with Gasteiger partial charge in [-0.25, -0.2) is 9.18 Å². The van der Waals surface area contributed by atoms with Crippen molar-refractivity contribution in [1.29, 1.82) is 5.41 Å². The van der Waals surface area contributed by atoms with Crippen molar-refractivity contribution in [3.63, 3.8) is 0 Å². The Kier molecular flexibility index (Phi) is 4.69. The molecule has 0 amide bonds. The molecule has 0 aliphatic carbocycles. The molecule has 1 rings (SSSR count). The van der Waals surface area contributed by atoms with E-state index in [9.17, 15) is 14.3 Å². The van der Waals surface area contributed by atoms with Crippen LogP contribution < -0.4 is 0 Å². The average Bonchev–Trinajstić information content (AvgIpc) is 2.34. The van der Waals surface area contributed by atoms with Gasteiger partial charge in [-0.2, -0.15) is 0 Å².